The Hall–Kier alpha value is -1.84. The molecule has 4 heteroatoms. The van der Waals surface area contributed by atoms with Gasteiger partial charge in [0.05, 0.1) is 0 Å². The fourth-order valence-corrected chi connectivity index (χ4v) is 2.62. The third-order valence-corrected chi connectivity index (χ3v) is 4.09. The number of hydrogen-bond donors (Lipinski definition) is 0. The highest BCUT2D eigenvalue weighted by molar-refractivity contribution is 6.35. The van der Waals surface area contributed by atoms with E-state index >= 15 is 0 Å². The van der Waals surface area contributed by atoms with Gasteiger partial charge in [-0.1, -0.05) is 30.3 Å². The van der Waals surface area contributed by atoms with Crippen molar-refractivity contribution in [2.24, 2.45) is 5.92 Å². The number of rotatable bonds is 5. The summed E-state index contributed by atoms with van der Waals surface area (Å²) >= 11 is 0. The first kappa shape index (κ1) is 13.2. The molecule has 0 bridgehead atoms. The summed E-state index contributed by atoms with van der Waals surface area (Å²) in [6.45, 7) is 2.77. The van der Waals surface area contributed by atoms with Crippen LogP contribution in [0.1, 0.15) is 18.4 Å². The zero-order chi connectivity index (χ0) is 13.9. The van der Waals surface area contributed by atoms with Gasteiger partial charge in [0.1, 0.15) is 0 Å². The second-order valence-electron chi connectivity index (χ2n) is 5.72. The molecule has 1 aromatic carbocycles. The molecule has 1 aliphatic carbocycles. The highest BCUT2D eigenvalue weighted by Gasteiger charge is 2.35. The number of amides is 2. The molecule has 0 aromatic heterocycles. The summed E-state index contributed by atoms with van der Waals surface area (Å²) in [5.74, 6) is 0.00617. The Morgan fingerprint density at radius 3 is 2.30 bits per heavy atom. The van der Waals surface area contributed by atoms with E-state index < -0.39 is 0 Å². The summed E-state index contributed by atoms with van der Waals surface area (Å²) in [6.07, 6.45) is 3.22. The van der Waals surface area contributed by atoms with E-state index in [0.717, 1.165) is 13.0 Å². The van der Waals surface area contributed by atoms with Crippen molar-refractivity contribution < 1.29 is 9.59 Å². The third-order valence-electron chi connectivity index (χ3n) is 4.09. The highest BCUT2D eigenvalue weighted by atomic mass is 16.2. The smallest absolute Gasteiger partial charge is 0.312 e. The van der Waals surface area contributed by atoms with Crippen LogP contribution in [0.5, 0.6) is 0 Å². The van der Waals surface area contributed by atoms with Crippen molar-refractivity contribution in [3.05, 3.63) is 35.9 Å². The first-order valence-electron chi connectivity index (χ1n) is 7.36. The molecule has 2 fully saturated rings. The van der Waals surface area contributed by atoms with Gasteiger partial charge < -0.3 is 9.80 Å². The molecule has 0 radical (unpaired) electrons. The summed E-state index contributed by atoms with van der Waals surface area (Å²) in [5.41, 5.74) is 1.20. The van der Waals surface area contributed by atoms with E-state index in [2.05, 4.69) is 12.1 Å². The molecular weight excluding hydrogens is 252 g/mol. The quantitative estimate of drug-likeness (QED) is 0.758. The van der Waals surface area contributed by atoms with Gasteiger partial charge in [-0.25, -0.2) is 0 Å². The Morgan fingerprint density at radius 1 is 0.950 bits per heavy atom. The van der Waals surface area contributed by atoms with E-state index in [9.17, 15) is 9.59 Å². The van der Waals surface area contributed by atoms with Crippen molar-refractivity contribution in [2.75, 3.05) is 26.2 Å². The van der Waals surface area contributed by atoms with Gasteiger partial charge >= 0.3 is 11.8 Å². The number of piperazine rings is 1. The average Bonchev–Trinajstić information content (AvgIpc) is 3.28. The monoisotopic (exact) mass is 272 g/mol. The van der Waals surface area contributed by atoms with Crippen LogP contribution in [-0.2, 0) is 16.0 Å². The van der Waals surface area contributed by atoms with Crippen molar-refractivity contribution in [3.63, 3.8) is 0 Å². The number of hydrogen-bond acceptors (Lipinski definition) is 2. The minimum absolute atomic E-state index is 0.309. The van der Waals surface area contributed by atoms with Gasteiger partial charge in [0.25, 0.3) is 0 Å². The van der Waals surface area contributed by atoms with Crippen LogP contribution in [0.15, 0.2) is 30.3 Å². The zero-order valence-corrected chi connectivity index (χ0v) is 11.6. The Bertz CT molecular complexity index is 496. The number of nitrogens with zero attached hydrogens (tertiary/aromatic N) is 2. The molecule has 0 unspecified atom stereocenters. The molecule has 0 atom stereocenters. The molecule has 0 N–H and O–H groups in total. The van der Waals surface area contributed by atoms with Gasteiger partial charge in [0.15, 0.2) is 0 Å². The second-order valence-corrected chi connectivity index (χ2v) is 5.72. The number of benzene rings is 1. The zero-order valence-electron chi connectivity index (χ0n) is 11.6. The van der Waals surface area contributed by atoms with Crippen LogP contribution in [0.2, 0.25) is 0 Å². The van der Waals surface area contributed by atoms with Crippen LogP contribution in [0.4, 0.5) is 0 Å². The van der Waals surface area contributed by atoms with Gasteiger partial charge in [-0.2, -0.15) is 0 Å². The lowest BCUT2D eigenvalue weighted by Crippen LogP contribution is -2.55. The van der Waals surface area contributed by atoms with Crippen LogP contribution < -0.4 is 0 Å². The van der Waals surface area contributed by atoms with Gasteiger partial charge in [-0.15, -0.1) is 0 Å². The molecule has 1 heterocycles. The summed E-state index contributed by atoms with van der Waals surface area (Å²) in [6, 6.07) is 10.1. The molecule has 1 aromatic rings. The van der Waals surface area contributed by atoms with Gasteiger partial charge in [-0.05, 0) is 30.7 Å². The maximum atomic E-state index is 12.1. The van der Waals surface area contributed by atoms with E-state index in [0.29, 0.717) is 25.6 Å². The number of carbonyl (C=O) groups is 2. The molecule has 1 aliphatic heterocycles. The predicted octanol–water partition coefficient (Wildman–Crippen LogP) is 1.31. The van der Waals surface area contributed by atoms with Crippen molar-refractivity contribution in [3.8, 4) is 0 Å². The molecule has 0 spiro atoms. The van der Waals surface area contributed by atoms with Gasteiger partial charge in [0.2, 0.25) is 0 Å². The topological polar surface area (TPSA) is 40.6 Å². The lowest BCUT2D eigenvalue weighted by Gasteiger charge is -2.33. The largest absolute Gasteiger partial charge is 0.332 e. The Balaban J connectivity index is 1.53. The van der Waals surface area contributed by atoms with E-state index in [1.807, 2.05) is 18.2 Å². The SMILES string of the molecule is O=C1C(=O)N(CC2CC2)CCN1CCc1ccccc1. The van der Waals surface area contributed by atoms with Gasteiger partial charge in [-0.3, -0.25) is 9.59 Å². The summed E-state index contributed by atoms with van der Waals surface area (Å²) in [5, 5.41) is 0. The highest BCUT2D eigenvalue weighted by Crippen LogP contribution is 2.30. The first-order chi connectivity index (χ1) is 9.74. The third kappa shape index (κ3) is 3.00. The lowest BCUT2D eigenvalue weighted by molar-refractivity contribution is -0.156. The summed E-state index contributed by atoms with van der Waals surface area (Å²) in [7, 11) is 0. The summed E-state index contributed by atoms with van der Waals surface area (Å²) < 4.78 is 0. The van der Waals surface area contributed by atoms with Crippen molar-refractivity contribution in [1.82, 2.24) is 9.80 Å². The molecule has 1 saturated carbocycles. The number of carbonyl (C=O) groups excluding carboxylic acids is 2. The van der Waals surface area contributed by atoms with Crippen LogP contribution in [0.25, 0.3) is 0 Å². The maximum Gasteiger partial charge on any atom is 0.312 e. The Labute approximate surface area is 119 Å². The molecular formula is C16H20N2O2. The average molecular weight is 272 g/mol. The molecule has 4 nitrogen and oxygen atoms in total. The maximum absolute atomic E-state index is 12.1. The minimum Gasteiger partial charge on any atom is -0.332 e. The lowest BCUT2D eigenvalue weighted by atomic mass is 10.1. The molecule has 2 aliphatic rings. The first-order valence-corrected chi connectivity index (χ1v) is 7.36. The minimum atomic E-state index is -0.326. The Kier molecular flexibility index (Phi) is 3.72. The fourth-order valence-electron chi connectivity index (χ4n) is 2.62. The fraction of sp³-hybridized carbons (Fsp3) is 0.500. The van der Waals surface area contributed by atoms with E-state index in [4.69, 9.17) is 0 Å². The van der Waals surface area contributed by atoms with Crippen LogP contribution in [-0.4, -0.2) is 47.8 Å². The molecule has 106 valence electrons. The molecule has 1 saturated heterocycles. The standard InChI is InChI=1S/C16H20N2O2/c19-15-16(20)18(12-14-6-7-14)11-10-17(15)9-8-13-4-2-1-3-5-13/h1-5,14H,6-12H2. The normalized spacial score (nSPS) is 19.6. The van der Waals surface area contributed by atoms with Crippen molar-refractivity contribution >= 4 is 11.8 Å². The Morgan fingerprint density at radius 2 is 1.60 bits per heavy atom. The van der Waals surface area contributed by atoms with Crippen LogP contribution >= 0.6 is 0 Å². The summed E-state index contributed by atoms with van der Waals surface area (Å²) in [4.78, 5) is 27.6. The predicted molar refractivity (Wildman–Crippen MR) is 76.0 cm³/mol. The van der Waals surface area contributed by atoms with Crippen LogP contribution in [0.3, 0.4) is 0 Å². The van der Waals surface area contributed by atoms with E-state index in [1.165, 1.54) is 18.4 Å². The van der Waals surface area contributed by atoms with Crippen molar-refractivity contribution in [2.45, 2.75) is 19.3 Å². The van der Waals surface area contributed by atoms with E-state index in [-0.39, 0.29) is 11.8 Å². The molecule has 2 amide bonds. The van der Waals surface area contributed by atoms with Crippen molar-refractivity contribution in [1.29, 1.82) is 0 Å². The van der Waals surface area contributed by atoms with Gasteiger partial charge in [0, 0.05) is 26.2 Å². The molecule has 3 rings (SSSR count). The second kappa shape index (κ2) is 5.65. The van der Waals surface area contributed by atoms with Crippen LogP contribution in [0, 0.1) is 5.92 Å². The van der Waals surface area contributed by atoms with E-state index in [1.54, 1.807) is 9.80 Å². The molecule has 20 heavy (non-hydrogen) atoms.